The Bertz CT molecular complexity index is 1880. The van der Waals surface area contributed by atoms with Crippen LogP contribution in [0.15, 0.2) is 109 Å². The molecule has 0 aliphatic heterocycles. The Balaban J connectivity index is 0.000000210. The van der Waals surface area contributed by atoms with Gasteiger partial charge in [-0.1, -0.05) is 125 Å². The van der Waals surface area contributed by atoms with E-state index in [-0.39, 0.29) is 0 Å². The standard InChI is InChI=1S/2C24H27.C2H4Si.4ClH.2Zr/c2*1-3-18-9-11-20(12-10-18)22-8-5-7-21-15-19(16-23(21)22)17-24(4-2)13-6-14-24;1-3-2;;;;;;/h2*5,7-12,15-16H,3-4,6,13-14,17H2,1-2H3;1-2H2;4*1H;;/q2*-1;-2;;;;;2*+4/p-4. The van der Waals surface area contributed by atoms with E-state index in [2.05, 4.69) is 150 Å². The Morgan fingerprint density at radius 3 is 1.16 bits per heavy atom. The number of hydrogen-bond acceptors (Lipinski definition) is 0. The summed E-state index contributed by atoms with van der Waals surface area (Å²) in [7, 11) is 20.3. The van der Waals surface area contributed by atoms with E-state index < -0.39 is 41.7 Å². The average molecular weight is 1010 g/mol. The normalized spacial score (nSPS) is 14.4. The van der Waals surface area contributed by atoms with E-state index in [0.29, 0.717) is 20.3 Å². The zero-order valence-corrected chi connectivity index (χ0v) is 43.2. The van der Waals surface area contributed by atoms with Crippen LogP contribution in [0, 0.1) is 23.9 Å². The van der Waals surface area contributed by atoms with E-state index in [9.17, 15) is 0 Å². The van der Waals surface area contributed by atoms with Crippen LogP contribution in [0.2, 0.25) is 0 Å². The summed E-state index contributed by atoms with van der Waals surface area (Å²) in [6.07, 6.45) is 15.8. The Morgan fingerprint density at radius 1 is 0.561 bits per heavy atom. The second-order valence-electron chi connectivity index (χ2n) is 15.6. The molecule has 0 nitrogen and oxygen atoms in total. The monoisotopic (exact) mass is 1010 g/mol. The molecule has 0 atom stereocenters. The maximum absolute atomic E-state index is 4.93. The molecule has 0 amide bonds. The van der Waals surface area contributed by atoms with Crippen LogP contribution in [-0.2, 0) is 67.4 Å². The van der Waals surface area contributed by atoms with E-state index in [1.54, 1.807) is 0 Å². The van der Waals surface area contributed by atoms with E-state index in [1.165, 1.54) is 130 Å². The van der Waals surface area contributed by atoms with Crippen molar-refractivity contribution in [2.24, 2.45) is 10.8 Å². The van der Waals surface area contributed by atoms with Crippen LogP contribution in [0.25, 0.3) is 43.8 Å². The molecule has 2 aliphatic carbocycles. The second-order valence-corrected chi connectivity index (χ2v) is 23.6. The van der Waals surface area contributed by atoms with Gasteiger partial charge in [-0.15, -0.1) is 69.1 Å². The van der Waals surface area contributed by atoms with Gasteiger partial charge in [0.05, 0.1) is 0 Å². The average Bonchev–Trinajstić information content (AvgIpc) is 3.82. The molecular weight excluding hydrogens is 953 g/mol. The van der Waals surface area contributed by atoms with Gasteiger partial charge >= 0.3 is 75.7 Å². The summed E-state index contributed by atoms with van der Waals surface area (Å²) in [4.78, 5) is 0. The fourth-order valence-corrected chi connectivity index (χ4v) is 8.67. The molecule has 0 unspecified atom stereocenters. The summed E-state index contributed by atoms with van der Waals surface area (Å²) in [6, 6.07) is 41.4. The Morgan fingerprint density at radius 2 is 0.895 bits per heavy atom. The quantitative estimate of drug-likeness (QED) is 0.0948. The molecule has 6 aromatic rings. The number of benzene rings is 4. The first-order chi connectivity index (χ1) is 27.7. The molecule has 0 bridgehead atoms. The van der Waals surface area contributed by atoms with Gasteiger partial charge in [0, 0.05) is 0 Å². The number of rotatable bonds is 10. The Hall–Kier alpha value is -0.757. The first-order valence-electron chi connectivity index (χ1n) is 20.5. The Kier molecular flexibility index (Phi) is 21.7. The molecule has 0 saturated heterocycles. The minimum absolute atomic E-state index is 0.583. The molecule has 0 aromatic heterocycles. The summed E-state index contributed by atoms with van der Waals surface area (Å²) >= 11 is -1.65. The van der Waals surface area contributed by atoms with Crippen LogP contribution in [0.5, 0.6) is 0 Å². The van der Waals surface area contributed by atoms with Crippen molar-refractivity contribution in [3.63, 3.8) is 0 Å². The SMILES string of the molecule is CCc1ccc(-c2cccc3[cH-]c(CC4(CC)CCC4)cc23)cc1.CCc1ccc(-c2cccc3[cH-]c(CC4(CC)CCC4)cc23)cc1.[CH2-][Si][CH2-].[Cl][Zr+2][Cl].[Cl][Zr+2][Cl]. The summed E-state index contributed by atoms with van der Waals surface area (Å²) in [5.74, 6) is 0. The van der Waals surface area contributed by atoms with Gasteiger partial charge in [0.25, 0.3) is 0 Å². The van der Waals surface area contributed by atoms with E-state index in [4.69, 9.17) is 34.1 Å². The summed E-state index contributed by atoms with van der Waals surface area (Å²) in [6.45, 7) is 16.0. The van der Waals surface area contributed by atoms with Crippen molar-refractivity contribution < 1.29 is 41.7 Å². The molecule has 0 spiro atoms. The van der Waals surface area contributed by atoms with Gasteiger partial charge in [-0.3, -0.25) is 0 Å². The van der Waals surface area contributed by atoms with Gasteiger partial charge in [-0.05, 0) is 84.5 Å². The molecule has 57 heavy (non-hydrogen) atoms. The number of halogens is 4. The second kappa shape index (κ2) is 25.2. The first kappa shape index (κ1) is 48.9. The third-order valence-corrected chi connectivity index (χ3v) is 12.5. The van der Waals surface area contributed by atoms with Gasteiger partial charge < -0.3 is 22.6 Å². The van der Waals surface area contributed by atoms with Crippen molar-refractivity contribution >= 4 is 65.1 Å². The zero-order valence-electron chi connectivity index (χ0n) is 34.3. The van der Waals surface area contributed by atoms with Crippen molar-refractivity contribution in [1.29, 1.82) is 0 Å². The van der Waals surface area contributed by atoms with Gasteiger partial charge in [0.1, 0.15) is 0 Å². The fourth-order valence-electron chi connectivity index (χ4n) is 8.67. The minimum atomic E-state index is -0.826. The molecule has 2 radical (unpaired) electrons. The molecule has 6 aromatic carbocycles. The van der Waals surface area contributed by atoms with E-state index >= 15 is 0 Å². The molecule has 0 N–H and O–H groups in total. The summed E-state index contributed by atoms with van der Waals surface area (Å²) in [5.41, 5.74) is 12.5. The molecular formula is C50H58Cl4SiZr2. The van der Waals surface area contributed by atoms with Crippen molar-refractivity contribution in [3.05, 3.63) is 145 Å². The molecule has 0 heterocycles. The molecule has 7 heteroatoms. The van der Waals surface area contributed by atoms with Crippen LogP contribution in [0.4, 0.5) is 0 Å². The van der Waals surface area contributed by atoms with Crippen LogP contribution < -0.4 is 0 Å². The molecule has 2 aliphatic rings. The fraction of sp³-hybridized carbons (Fsp3) is 0.360. The predicted octanol–water partition coefficient (Wildman–Crippen LogP) is 16.8. The van der Waals surface area contributed by atoms with Crippen LogP contribution in [0.3, 0.4) is 0 Å². The molecule has 298 valence electrons. The van der Waals surface area contributed by atoms with Crippen molar-refractivity contribution in [2.75, 3.05) is 0 Å². The van der Waals surface area contributed by atoms with Gasteiger partial charge in [0.15, 0.2) is 0 Å². The van der Waals surface area contributed by atoms with Gasteiger partial charge in [0.2, 0.25) is 0 Å². The molecule has 2 saturated carbocycles. The third-order valence-electron chi connectivity index (χ3n) is 12.5. The van der Waals surface area contributed by atoms with Gasteiger partial charge in [-0.25, -0.2) is 0 Å². The summed E-state index contributed by atoms with van der Waals surface area (Å²) < 4.78 is 0. The van der Waals surface area contributed by atoms with E-state index in [0.717, 1.165) is 12.8 Å². The molecule has 8 rings (SSSR count). The van der Waals surface area contributed by atoms with Gasteiger partial charge in [-0.2, -0.15) is 12.1 Å². The summed E-state index contributed by atoms with van der Waals surface area (Å²) in [5, 5.41) is 5.63. The van der Waals surface area contributed by atoms with Crippen LogP contribution >= 0.6 is 34.1 Å². The zero-order chi connectivity index (χ0) is 41.3. The third kappa shape index (κ3) is 13.6. The number of aryl methyl sites for hydroxylation is 2. The predicted molar refractivity (Wildman–Crippen MR) is 249 cm³/mol. The Labute approximate surface area is 385 Å². The first-order valence-corrected chi connectivity index (χ1v) is 34.5. The topological polar surface area (TPSA) is 0 Å². The van der Waals surface area contributed by atoms with Crippen molar-refractivity contribution in [2.45, 2.75) is 105 Å². The van der Waals surface area contributed by atoms with Crippen LogP contribution in [-0.4, -0.2) is 9.52 Å². The molecule has 2 fully saturated rings. The maximum atomic E-state index is 4.93. The van der Waals surface area contributed by atoms with E-state index in [1.807, 2.05) is 0 Å². The van der Waals surface area contributed by atoms with Crippen molar-refractivity contribution in [1.82, 2.24) is 0 Å². The number of fused-ring (bicyclic) bond motifs is 2. The van der Waals surface area contributed by atoms with Crippen LogP contribution in [0.1, 0.15) is 101 Å². The number of hydrogen-bond donors (Lipinski definition) is 0. The van der Waals surface area contributed by atoms with Crippen molar-refractivity contribution in [3.8, 4) is 22.3 Å².